The molecule has 2 aromatic carbocycles. The normalized spacial score (nSPS) is 11.5. The van der Waals surface area contributed by atoms with E-state index in [1.54, 1.807) is 0 Å². The number of aliphatic imine (C=N–C) groups is 1. The molecule has 0 spiro atoms. The first-order valence-electron chi connectivity index (χ1n) is 8.46. The van der Waals surface area contributed by atoms with E-state index in [-0.39, 0.29) is 21.3 Å². The fraction of sp³-hybridized carbons (Fsp3) is 0.150. The number of aromatic nitrogens is 2. The SMILES string of the molecule is CC(C)c1ccccc1N=Cc1c(O)n(-c2ccc(F)c(Cl)c2)c(=S)[nH]c1=O. The Kier molecular flexibility index (Phi) is 5.76. The Balaban J connectivity index is 2.14. The van der Waals surface area contributed by atoms with Crippen LogP contribution in [0.25, 0.3) is 5.69 Å². The van der Waals surface area contributed by atoms with Crippen molar-refractivity contribution in [3.05, 3.63) is 79.6 Å². The molecule has 0 saturated heterocycles. The highest BCUT2D eigenvalue weighted by molar-refractivity contribution is 7.71. The molecule has 0 atom stereocenters. The molecule has 1 heterocycles. The first-order chi connectivity index (χ1) is 13.3. The monoisotopic (exact) mass is 417 g/mol. The van der Waals surface area contributed by atoms with Crippen LogP contribution >= 0.6 is 23.8 Å². The minimum atomic E-state index is -0.604. The molecule has 144 valence electrons. The summed E-state index contributed by atoms with van der Waals surface area (Å²) in [5, 5.41) is 10.5. The molecule has 0 aliphatic rings. The number of halogens is 2. The molecule has 1 aromatic heterocycles. The van der Waals surface area contributed by atoms with Crippen molar-refractivity contribution >= 4 is 35.7 Å². The average molecular weight is 418 g/mol. The van der Waals surface area contributed by atoms with Crippen molar-refractivity contribution in [2.45, 2.75) is 19.8 Å². The van der Waals surface area contributed by atoms with E-state index >= 15 is 0 Å². The molecule has 0 unspecified atom stereocenters. The molecule has 0 saturated carbocycles. The van der Waals surface area contributed by atoms with Gasteiger partial charge >= 0.3 is 0 Å². The molecule has 8 heteroatoms. The maximum atomic E-state index is 13.5. The van der Waals surface area contributed by atoms with Gasteiger partial charge in [-0.15, -0.1) is 0 Å². The smallest absolute Gasteiger partial charge is 0.264 e. The average Bonchev–Trinajstić information content (AvgIpc) is 2.64. The van der Waals surface area contributed by atoms with Crippen LogP contribution in [0.3, 0.4) is 0 Å². The number of hydrogen-bond acceptors (Lipinski definition) is 4. The van der Waals surface area contributed by atoms with Crippen LogP contribution in [0, 0.1) is 10.6 Å². The van der Waals surface area contributed by atoms with E-state index in [2.05, 4.69) is 9.98 Å². The van der Waals surface area contributed by atoms with Crippen LogP contribution in [0.5, 0.6) is 5.88 Å². The number of benzene rings is 2. The number of aromatic hydroxyl groups is 1. The largest absolute Gasteiger partial charge is 0.494 e. The lowest BCUT2D eigenvalue weighted by molar-refractivity contribution is 0.432. The Bertz CT molecular complexity index is 1180. The molecule has 3 rings (SSSR count). The second kappa shape index (κ2) is 8.08. The van der Waals surface area contributed by atoms with Gasteiger partial charge in [0.2, 0.25) is 5.88 Å². The summed E-state index contributed by atoms with van der Waals surface area (Å²) in [6.07, 6.45) is 1.28. The van der Waals surface area contributed by atoms with Crippen LogP contribution in [-0.4, -0.2) is 20.9 Å². The summed E-state index contributed by atoms with van der Waals surface area (Å²) in [6, 6.07) is 11.4. The van der Waals surface area contributed by atoms with Gasteiger partial charge in [0.15, 0.2) is 4.77 Å². The van der Waals surface area contributed by atoms with Crippen molar-refractivity contribution in [3.63, 3.8) is 0 Å². The van der Waals surface area contributed by atoms with E-state index < -0.39 is 17.3 Å². The van der Waals surface area contributed by atoms with Crippen molar-refractivity contribution < 1.29 is 9.50 Å². The zero-order valence-electron chi connectivity index (χ0n) is 15.1. The molecule has 2 N–H and O–H groups in total. The molecule has 28 heavy (non-hydrogen) atoms. The van der Waals surface area contributed by atoms with E-state index in [0.717, 1.165) is 11.6 Å². The zero-order chi connectivity index (χ0) is 20.4. The summed E-state index contributed by atoms with van der Waals surface area (Å²) in [5.74, 6) is -0.781. The fourth-order valence-electron chi connectivity index (χ4n) is 2.75. The molecule has 5 nitrogen and oxygen atoms in total. The van der Waals surface area contributed by atoms with Gasteiger partial charge in [0.05, 0.1) is 16.4 Å². The Morgan fingerprint density at radius 3 is 2.68 bits per heavy atom. The maximum absolute atomic E-state index is 13.5. The number of hydrogen-bond donors (Lipinski definition) is 2. The predicted molar refractivity (Wildman–Crippen MR) is 112 cm³/mol. The maximum Gasteiger partial charge on any atom is 0.264 e. The Morgan fingerprint density at radius 1 is 1.29 bits per heavy atom. The van der Waals surface area contributed by atoms with Crippen molar-refractivity contribution in [1.82, 2.24) is 9.55 Å². The highest BCUT2D eigenvalue weighted by atomic mass is 35.5. The lowest BCUT2D eigenvalue weighted by Gasteiger charge is -2.12. The first kappa shape index (κ1) is 20.0. The topological polar surface area (TPSA) is 70.4 Å². The number of rotatable bonds is 4. The lowest BCUT2D eigenvalue weighted by Crippen LogP contribution is -2.18. The second-order valence-corrected chi connectivity index (χ2v) is 7.20. The summed E-state index contributed by atoms with van der Waals surface area (Å²) in [5.41, 5.74) is 1.34. The highest BCUT2D eigenvalue weighted by Crippen LogP contribution is 2.27. The predicted octanol–water partition coefficient (Wildman–Crippen LogP) is 5.27. The minimum absolute atomic E-state index is 0.0510. The van der Waals surface area contributed by atoms with Crippen LogP contribution < -0.4 is 5.56 Å². The molecular weight excluding hydrogens is 401 g/mol. The summed E-state index contributed by atoms with van der Waals surface area (Å²) in [6.45, 7) is 4.08. The third-order valence-electron chi connectivity index (χ3n) is 4.17. The van der Waals surface area contributed by atoms with Gasteiger partial charge in [-0.1, -0.05) is 43.6 Å². The first-order valence-corrected chi connectivity index (χ1v) is 9.25. The van der Waals surface area contributed by atoms with Crippen molar-refractivity contribution in [1.29, 1.82) is 0 Å². The van der Waals surface area contributed by atoms with E-state index in [1.165, 1.54) is 22.9 Å². The van der Waals surface area contributed by atoms with Gasteiger partial charge in [-0.2, -0.15) is 0 Å². The number of nitrogens with zero attached hydrogens (tertiary/aromatic N) is 2. The van der Waals surface area contributed by atoms with Gasteiger partial charge in [-0.05, 0) is 48.0 Å². The number of aromatic amines is 1. The Labute approximate surface area is 170 Å². The molecule has 0 amide bonds. The van der Waals surface area contributed by atoms with Crippen LogP contribution in [0.2, 0.25) is 5.02 Å². The third-order valence-corrected chi connectivity index (χ3v) is 4.75. The summed E-state index contributed by atoms with van der Waals surface area (Å²) in [4.78, 5) is 19.2. The van der Waals surface area contributed by atoms with Crippen molar-refractivity contribution in [2.24, 2.45) is 4.99 Å². The molecule has 0 aliphatic carbocycles. The number of para-hydroxylation sites is 1. The molecule has 0 aliphatic heterocycles. The van der Waals surface area contributed by atoms with E-state index in [1.807, 2.05) is 38.1 Å². The highest BCUT2D eigenvalue weighted by Gasteiger charge is 2.14. The number of nitrogens with one attached hydrogen (secondary N) is 1. The van der Waals surface area contributed by atoms with E-state index in [9.17, 15) is 14.3 Å². The van der Waals surface area contributed by atoms with Crippen molar-refractivity contribution in [2.75, 3.05) is 0 Å². The molecule has 0 radical (unpaired) electrons. The second-order valence-electron chi connectivity index (χ2n) is 6.40. The fourth-order valence-corrected chi connectivity index (χ4v) is 3.21. The van der Waals surface area contributed by atoms with Crippen LogP contribution in [-0.2, 0) is 0 Å². The van der Waals surface area contributed by atoms with Gasteiger partial charge in [0.1, 0.15) is 11.4 Å². The Morgan fingerprint density at radius 2 is 2.00 bits per heavy atom. The van der Waals surface area contributed by atoms with Crippen molar-refractivity contribution in [3.8, 4) is 11.6 Å². The van der Waals surface area contributed by atoms with Gasteiger partial charge in [-0.3, -0.25) is 19.3 Å². The van der Waals surface area contributed by atoms with Gasteiger partial charge in [0, 0.05) is 6.21 Å². The van der Waals surface area contributed by atoms with Crippen LogP contribution in [0.4, 0.5) is 10.1 Å². The van der Waals surface area contributed by atoms with Gasteiger partial charge in [-0.25, -0.2) is 4.39 Å². The molecular formula is C20H17ClFN3O2S. The molecule has 3 aromatic rings. The lowest BCUT2D eigenvalue weighted by atomic mass is 10.0. The van der Waals surface area contributed by atoms with Crippen LogP contribution in [0.15, 0.2) is 52.3 Å². The summed E-state index contributed by atoms with van der Waals surface area (Å²) < 4.78 is 14.6. The standard InChI is InChI=1S/C20H17ClFN3O2S/c1-11(2)13-5-3-4-6-17(13)23-10-14-18(26)24-20(28)25(19(14)27)12-7-8-16(22)15(21)9-12/h3-11,27H,1-2H3,(H,24,26,28). The van der Waals surface area contributed by atoms with Gasteiger partial charge < -0.3 is 5.11 Å². The van der Waals surface area contributed by atoms with E-state index in [0.29, 0.717) is 11.4 Å². The summed E-state index contributed by atoms with van der Waals surface area (Å²) in [7, 11) is 0. The molecule has 0 fully saturated rings. The quantitative estimate of drug-likeness (QED) is 0.449. The zero-order valence-corrected chi connectivity index (χ0v) is 16.7. The minimum Gasteiger partial charge on any atom is -0.494 e. The summed E-state index contributed by atoms with van der Waals surface area (Å²) >= 11 is 11.0. The Hall–Kier alpha value is -2.77. The van der Waals surface area contributed by atoms with Crippen LogP contribution in [0.1, 0.15) is 30.9 Å². The van der Waals surface area contributed by atoms with E-state index in [4.69, 9.17) is 23.8 Å². The third kappa shape index (κ3) is 3.90. The van der Waals surface area contributed by atoms with Gasteiger partial charge in [0.25, 0.3) is 5.56 Å². The number of H-pyrrole nitrogens is 1. The molecule has 0 bridgehead atoms.